The second kappa shape index (κ2) is 7.87. The quantitative estimate of drug-likeness (QED) is 0.708. The van der Waals surface area contributed by atoms with Crippen LogP contribution in [0.1, 0.15) is 27.8 Å². The zero-order chi connectivity index (χ0) is 20.4. The number of nitrogens with zero attached hydrogens (tertiary/aromatic N) is 4. The molecular weight excluding hydrogens is 382 g/mol. The molecule has 3 heterocycles. The maximum absolute atomic E-state index is 12.5. The van der Waals surface area contributed by atoms with E-state index in [2.05, 4.69) is 20.3 Å². The Morgan fingerprint density at radius 1 is 1.10 bits per heavy atom. The highest BCUT2D eigenvalue weighted by molar-refractivity contribution is 6.05. The largest absolute Gasteiger partial charge is 0.454 e. The zero-order valence-corrected chi connectivity index (χ0v) is 15.7. The number of hydrogen-bond acceptors (Lipinski definition) is 9. The van der Waals surface area contributed by atoms with Gasteiger partial charge in [-0.2, -0.15) is 0 Å². The molecule has 152 valence electrons. The van der Waals surface area contributed by atoms with Crippen molar-refractivity contribution in [2.45, 2.75) is 6.92 Å². The standard InChI is InChI=1S/C18H19N5O6/c1-11(24)12-6-15-16(28-10-27-15)7-13(12)20-17(25)9-22-2-4-23(5-3-22)18(26)14-8-19-29-21-14/h6-8H,2-5,9-10H2,1H3,(H,20,25). The van der Waals surface area contributed by atoms with Crippen LogP contribution >= 0.6 is 0 Å². The predicted molar refractivity (Wildman–Crippen MR) is 97.8 cm³/mol. The van der Waals surface area contributed by atoms with Gasteiger partial charge in [-0.1, -0.05) is 5.16 Å². The van der Waals surface area contributed by atoms with Crippen LogP contribution < -0.4 is 14.8 Å². The van der Waals surface area contributed by atoms with Gasteiger partial charge < -0.3 is 19.7 Å². The second-order valence-corrected chi connectivity index (χ2v) is 6.72. The van der Waals surface area contributed by atoms with Crippen LogP contribution in [0.5, 0.6) is 11.5 Å². The number of piperazine rings is 1. The maximum Gasteiger partial charge on any atom is 0.277 e. The van der Waals surface area contributed by atoms with E-state index in [-0.39, 0.29) is 36.6 Å². The fourth-order valence-corrected chi connectivity index (χ4v) is 3.26. The third kappa shape index (κ3) is 4.04. The van der Waals surface area contributed by atoms with Gasteiger partial charge in [-0.15, -0.1) is 0 Å². The number of aromatic nitrogens is 2. The summed E-state index contributed by atoms with van der Waals surface area (Å²) in [6.45, 7) is 3.63. The van der Waals surface area contributed by atoms with Gasteiger partial charge in [0.25, 0.3) is 5.91 Å². The highest BCUT2D eigenvalue weighted by atomic mass is 16.7. The zero-order valence-electron chi connectivity index (χ0n) is 15.7. The molecule has 0 atom stereocenters. The molecule has 0 aliphatic carbocycles. The molecule has 1 fully saturated rings. The minimum Gasteiger partial charge on any atom is -0.454 e. The minimum atomic E-state index is -0.258. The molecule has 4 rings (SSSR count). The van der Waals surface area contributed by atoms with Crippen molar-refractivity contribution >= 4 is 23.3 Å². The first kappa shape index (κ1) is 18.9. The van der Waals surface area contributed by atoms with Crippen LogP contribution in [0.3, 0.4) is 0 Å². The summed E-state index contributed by atoms with van der Waals surface area (Å²) in [4.78, 5) is 40.2. The maximum atomic E-state index is 12.5. The molecule has 0 radical (unpaired) electrons. The molecule has 2 aliphatic heterocycles. The Morgan fingerprint density at radius 3 is 2.48 bits per heavy atom. The summed E-state index contributed by atoms with van der Waals surface area (Å²) in [5.41, 5.74) is 0.911. The molecule has 1 aromatic heterocycles. The number of rotatable bonds is 5. The summed E-state index contributed by atoms with van der Waals surface area (Å²) < 4.78 is 15.1. The topological polar surface area (TPSA) is 127 Å². The predicted octanol–water partition coefficient (Wildman–Crippen LogP) is 0.397. The van der Waals surface area contributed by atoms with Crippen LogP contribution in [-0.2, 0) is 4.79 Å². The minimum absolute atomic E-state index is 0.0808. The fourth-order valence-electron chi connectivity index (χ4n) is 3.26. The number of ketones is 1. The van der Waals surface area contributed by atoms with Gasteiger partial charge in [-0.25, -0.2) is 4.63 Å². The van der Waals surface area contributed by atoms with Crippen molar-refractivity contribution in [3.05, 3.63) is 29.6 Å². The molecule has 1 saturated heterocycles. The van der Waals surface area contributed by atoms with Gasteiger partial charge >= 0.3 is 0 Å². The van der Waals surface area contributed by atoms with Crippen molar-refractivity contribution in [2.24, 2.45) is 0 Å². The van der Waals surface area contributed by atoms with E-state index in [9.17, 15) is 14.4 Å². The summed E-state index contributed by atoms with van der Waals surface area (Å²) >= 11 is 0. The molecule has 0 spiro atoms. The van der Waals surface area contributed by atoms with Gasteiger partial charge in [-0.05, 0) is 18.1 Å². The molecule has 0 saturated carbocycles. The first-order chi connectivity index (χ1) is 14.0. The van der Waals surface area contributed by atoms with Crippen molar-refractivity contribution in [3.63, 3.8) is 0 Å². The molecule has 0 unspecified atom stereocenters. The lowest BCUT2D eigenvalue weighted by atomic mass is 10.1. The number of amides is 2. The summed E-state index contributed by atoms with van der Waals surface area (Å²) in [6, 6.07) is 3.17. The van der Waals surface area contributed by atoms with Gasteiger partial charge in [0, 0.05) is 37.8 Å². The average Bonchev–Trinajstić information content (AvgIpc) is 3.39. The van der Waals surface area contributed by atoms with Crippen molar-refractivity contribution in [2.75, 3.05) is 44.8 Å². The Morgan fingerprint density at radius 2 is 1.83 bits per heavy atom. The van der Waals surface area contributed by atoms with E-state index in [4.69, 9.17) is 9.47 Å². The number of nitrogens with one attached hydrogen (secondary N) is 1. The Labute approximate surface area is 165 Å². The molecule has 2 amide bonds. The number of carbonyl (C=O) groups is 3. The Kier molecular flexibility index (Phi) is 5.12. The number of Topliss-reactive ketones (excluding diaryl/α,β-unsaturated/α-hetero) is 1. The van der Waals surface area contributed by atoms with E-state index in [0.717, 1.165) is 0 Å². The lowest BCUT2D eigenvalue weighted by Crippen LogP contribution is -2.50. The van der Waals surface area contributed by atoms with Gasteiger partial charge in [0.2, 0.25) is 12.7 Å². The van der Waals surface area contributed by atoms with Crippen LogP contribution in [0.4, 0.5) is 5.69 Å². The normalized spacial score (nSPS) is 16.0. The van der Waals surface area contributed by atoms with E-state index in [1.54, 1.807) is 17.0 Å². The van der Waals surface area contributed by atoms with E-state index < -0.39 is 0 Å². The number of hydrogen-bond donors (Lipinski definition) is 1. The number of benzene rings is 1. The number of anilines is 1. The summed E-state index contributed by atoms with van der Waals surface area (Å²) in [5.74, 6) is 0.276. The Bertz CT molecular complexity index is 936. The lowest BCUT2D eigenvalue weighted by Gasteiger charge is -2.33. The smallest absolute Gasteiger partial charge is 0.277 e. The Hall–Kier alpha value is -3.47. The van der Waals surface area contributed by atoms with Crippen LogP contribution in [0.15, 0.2) is 23.0 Å². The van der Waals surface area contributed by atoms with E-state index >= 15 is 0 Å². The second-order valence-electron chi connectivity index (χ2n) is 6.72. The third-order valence-electron chi connectivity index (χ3n) is 4.77. The molecule has 11 heteroatoms. The number of fused-ring (bicyclic) bond motifs is 1. The third-order valence-corrected chi connectivity index (χ3v) is 4.77. The molecule has 29 heavy (non-hydrogen) atoms. The van der Waals surface area contributed by atoms with E-state index in [1.807, 2.05) is 4.90 Å². The SMILES string of the molecule is CC(=O)c1cc2c(cc1NC(=O)CN1CCN(C(=O)c3cnon3)CC1)OCO2. The summed E-state index contributed by atoms with van der Waals surface area (Å²) in [6.07, 6.45) is 1.28. The number of carbonyl (C=O) groups excluding carboxylic acids is 3. The van der Waals surface area contributed by atoms with E-state index in [1.165, 1.54) is 13.1 Å². The van der Waals surface area contributed by atoms with Gasteiger partial charge in [0.15, 0.2) is 23.0 Å². The molecule has 2 aliphatic rings. The summed E-state index contributed by atoms with van der Waals surface area (Å²) in [7, 11) is 0. The molecular formula is C18H19N5O6. The van der Waals surface area contributed by atoms with Crippen LogP contribution in [0, 0.1) is 0 Å². The Balaban J connectivity index is 1.34. The molecule has 0 bridgehead atoms. The highest BCUT2D eigenvalue weighted by Gasteiger charge is 2.26. The first-order valence-electron chi connectivity index (χ1n) is 9.05. The van der Waals surface area contributed by atoms with Crippen LogP contribution in [0.2, 0.25) is 0 Å². The van der Waals surface area contributed by atoms with Crippen LogP contribution in [0.25, 0.3) is 0 Å². The molecule has 2 aromatic rings. The van der Waals surface area contributed by atoms with Crippen molar-refractivity contribution in [1.29, 1.82) is 0 Å². The number of ether oxygens (including phenoxy) is 2. The molecule has 11 nitrogen and oxygen atoms in total. The van der Waals surface area contributed by atoms with Crippen molar-refractivity contribution < 1.29 is 28.5 Å². The average molecular weight is 401 g/mol. The van der Waals surface area contributed by atoms with Crippen molar-refractivity contribution in [3.8, 4) is 11.5 Å². The highest BCUT2D eigenvalue weighted by Crippen LogP contribution is 2.37. The van der Waals surface area contributed by atoms with Gasteiger partial charge in [-0.3, -0.25) is 19.3 Å². The van der Waals surface area contributed by atoms with Gasteiger partial charge in [0.1, 0.15) is 6.20 Å². The van der Waals surface area contributed by atoms with Crippen LogP contribution in [-0.4, -0.2) is 77.2 Å². The summed E-state index contributed by atoms with van der Waals surface area (Å²) in [5, 5.41) is 9.76. The monoisotopic (exact) mass is 401 g/mol. The molecule has 1 aromatic carbocycles. The van der Waals surface area contributed by atoms with Gasteiger partial charge in [0.05, 0.1) is 12.2 Å². The van der Waals surface area contributed by atoms with E-state index in [0.29, 0.717) is 48.9 Å². The first-order valence-corrected chi connectivity index (χ1v) is 9.05. The fraction of sp³-hybridized carbons (Fsp3) is 0.389. The van der Waals surface area contributed by atoms with Crippen molar-refractivity contribution in [1.82, 2.24) is 20.1 Å². The lowest BCUT2D eigenvalue weighted by molar-refractivity contribution is -0.117. The molecule has 1 N–H and O–H groups in total.